The summed E-state index contributed by atoms with van der Waals surface area (Å²) in [5, 5.41) is 29.1. The largest absolute Gasteiger partial charge is 0.490 e. The van der Waals surface area contributed by atoms with Crippen molar-refractivity contribution < 1.29 is 65.6 Å². The van der Waals surface area contributed by atoms with Crippen LogP contribution < -0.4 is 22.1 Å². The zero-order valence-corrected chi connectivity index (χ0v) is 24.6. The zero-order chi connectivity index (χ0) is 36.4. The number of anilines is 1. The number of carboxylic acid groups (broad SMARTS) is 2. The fraction of sp³-hybridized carbons (Fsp3) is 0.357. The van der Waals surface area contributed by atoms with Gasteiger partial charge in [0.05, 0.1) is 30.4 Å². The molecule has 0 spiro atoms. The molecule has 4 rings (SSSR count). The highest BCUT2D eigenvalue weighted by Gasteiger charge is 2.39. The van der Waals surface area contributed by atoms with Gasteiger partial charge in [0.2, 0.25) is 11.8 Å². The van der Waals surface area contributed by atoms with Crippen LogP contribution in [0.4, 0.5) is 37.7 Å². The number of nitrogens with two attached hydrogens (primary N) is 2. The van der Waals surface area contributed by atoms with Gasteiger partial charge in [0.15, 0.2) is 0 Å². The van der Waals surface area contributed by atoms with E-state index in [4.69, 9.17) is 31.3 Å². The Hall–Kier alpha value is -5.08. The van der Waals surface area contributed by atoms with Crippen LogP contribution in [0.3, 0.4) is 0 Å². The number of fused-ring (bicyclic) bond motifs is 4. The monoisotopic (exact) mass is 692 g/mol. The van der Waals surface area contributed by atoms with E-state index in [1.54, 1.807) is 29.2 Å². The van der Waals surface area contributed by atoms with Crippen LogP contribution in [0.25, 0.3) is 0 Å². The van der Waals surface area contributed by atoms with E-state index in [1.807, 2.05) is 18.2 Å². The summed E-state index contributed by atoms with van der Waals surface area (Å²) in [4.78, 5) is 61.8. The summed E-state index contributed by atoms with van der Waals surface area (Å²) < 4.78 is 63.5. The van der Waals surface area contributed by atoms with Crippen LogP contribution in [0.15, 0.2) is 47.5 Å². The first-order valence-corrected chi connectivity index (χ1v) is 13.7. The molecule has 2 aromatic rings. The van der Waals surface area contributed by atoms with Crippen molar-refractivity contribution in [3.05, 3.63) is 59.2 Å². The van der Waals surface area contributed by atoms with Crippen molar-refractivity contribution in [3.63, 3.8) is 0 Å². The Balaban J connectivity index is 0.000000479. The van der Waals surface area contributed by atoms with Gasteiger partial charge in [-0.15, -0.1) is 0 Å². The second-order valence-corrected chi connectivity index (χ2v) is 9.95. The molecule has 3 amide bonds. The summed E-state index contributed by atoms with van der Waals surface area (Å²) in [6, 6.07) is 10.6. The van der Waals surface area contributed by atoms with Crippen LogP contribution in [0, 0.1) is 0 Å². The maximum Gasteiger partial charge on any atom is 0.490 e. The number of rotatable bonds is 9. The number of nitrogens with zero attached hydrogens (tertiary/aromatic N) is 2. The third-order valence-electron chi connectivity index (χ3n) is 6.41. The molecule has 0 radical (unpaired) electrons. The quantitative estimate of drug-likeness (QED) is 0.149. The number of unbranched alkanes of at least 4 members (excludes halogenated alkanes) is 1. The molecule has 9 N–H and O–H groups in total. The van der Waals surface area contributed by atoms with Gasteiger partial charge in [-0.05, 0) is 49.2 Å². The van der Waals surface area contributed by atoms with Gasteiger partial charge < -0.3 is 37.4 Å². The van der Waals surface area contributed by atoms with Crippen molar-refractivity contribution in [3.8, 4) is 0 Å². The van der Waals surface area contributed by atoms with Crippen molar-refractivity contribution in [2.75, 3.05) is 18.5 Å². The van der Waals surface area contributed by atoms with Gasteiger partial charge in [-0.2, -0.15) is 26.3 Å². The molecule has 0 saturated carbocycles. The molecule has 2 atom stereocenters. The number of hydrogen-bond donors (Lipinski definition) is 7. The van der Waals surface area contributed by atoms with Crippen LogP contribution >= 0.6 is 0 Å². The number of amidine groups is 1. The maximum atomic E-state index is 12.8. The molecule has 2 aliphatic rings. The van der Waals surface area contributed by atoms with Gasteiger partial charge in [0.25, 0.3) is 5.91 Å². The molecular weight excluding hydrogens is 662 g/mol. The number of carbonyl (C=O) groups excluding carboxylic acids is 3. The van der Waals surface area contributed by atoms with Crippen molar-refractivity contribution in [2.24, 2.45) is 16.5 Å². The van der Waals surface area contributed by atoms with E-state index in [1.165, 1.54) is 0 Å². The maximum absolute atomic E-state index is 12.8. The van der Waals surface area contributed by atoms with Crippen LogP contribution in [-0.4, -0.2) is 93.3 Å². The number of carboxylic acids is 2. The van der Waals surface area contributed by atoms with Gasteiger partial charge in [0.1, 0.15) is 11.9 Å². The fourth-order valence-corrected chi connectivity index (χ4v) is 4.04. The lowest BCUT2D eigenvalue weighted by molar-refractivity contribution is -0.193. The van der Waals surface area contributed by atoms with Crippen molar-refractivity contribution >= 4 is 46.9 Å². The Kier molecular flexibility index (Phi) is 13.6. The number of alkyl halides is 6. The number of aliphatic carboxylic acids is 2. The average molecular weight is 693 g/mol. The summed E-state index contributed by atoms with van der Waals surface area (Å²) in [6.07, 6.45) is -8.27. The number of benzene rings is 2. The summed E-state index contributed by atoms with van der Waals surface area (Å²) in [5.41, 5.74) is 14.7. The molecule has 262 valence electrons. The van der Waals surface area contributed by atoms with Crippen molar-refractivity contribution in [1.29, 1.82) is 0 Å². The second kappa shape index (κ2) is 16.7. The van der Waals surface area contributed by atoms with Crippen LogP contribution in [0.5, 0.6) is 0 Å². The molecular formula is C28H30F6N6O8. The molecule has 48 heavy (non-hydrogen) atoms. The van der Waals surface area contributed by atoms with Crippen molar-refractivity contribution in [2.45, 2.75) is 50.2 Å². The minimum Gasteiger partial charge on any atom is -0.475 e. The molecule has 0 unspecified atom stereocenters. The lowest BCUT2D eigenvalue weighted by atomic mass is 10.1. The summed E-state index contributed by atoms with van der Waals surface area (Å²) >= 11 is 0. The predicted molar refractivity (Wildman–Crippen MR) is 155 cm³/mol. The molecule has 20 heteroatoms. The Labute approximate surface area is 267 Å². The van der Waals surface area contributed by atoms with E-state index in [-0.39, 0.29) is 5.91 Å². The van der Waals surface area contributed by atoms with Crippen LogP contribution in [-0.2, 0) is 25.7 Å². The molecule has 0 aliphatic carbocycles. The minimum absolute atomic E-state index is 0.111. The van der Waals surface area contributed by atoms with E-state index < -0.39 is 54.8 Å². The van der Waals surface area contributed by atoms with Crippen molar-refractivity contribution in [1.82, 2.24) is 10.2 Å². The molecule has 0 saturated heterocycles. The number of nitrogens with one attached hydrogen (secondary N) is 2. The molecule has 0 fully saturated rings. The van der Waals surface area contributed by atoms with E-state index in [9.17, 15) is 45.8 Å². The molecule has 0 aromatic heterocycles. The molecule has 2 heterocycles. The fourth-order valence-electron chi connectivity index (χ4n) is 4.04. The van der Waals surface area contributed by atoms with E-state index >= 15 is 0 Å². The smallest absolute Gasteiger partial charge is 0.475 e. The average Bonchev–Trinajstić information content (AvgIpc) is 3.28. The number of hydrogen-bond acceptors (Lipinski definition) is 9. The topological polar surface area (TPSA) is 238 Å². The standard InChI is InChI=1S/C24H28N6O4.2C2HF3O2/c25-10-4-3-7-18(26)22(32)29-20(13-31)23(33)27-15-8-9-19-14(11-15)12-30-21(28-19)16-5-1-2-6-17(16)24(30)34;2*3-2(4,5)1(6)7/h1-2,5-6,8-9,11,18,20,31H,3-4,7,10,12-13,25-26H2,(H,27,33)(H,29,32);2*(H,6,7)/t18-,20-;;/m0../s1. The second-order valence-electron chi connectivity index (χ2n) is 9.95. The van der Waals surface area contributed by atoms with Gasteiger partial charge in [-0.3, -0.25) is 19.3 Å². The Morgan fingerprint density at radius 1 is 0.917 bits per heavy atom. The van der Waals surface area contributed by atoms with Crippen LogP contribution in [0.1, 0.15) is 40.7 Å². The van der Waals surface area contributed by atoms with Gasteiger partial charge in [-0.25, -0.2) is 14.6 Å². The Morgan fingerprint density at radius 3 is 2.00 bits per heavy atom. The minimum atomic E-state index is -5.08. The zero-order valence-electron chi connectivity index (χ0n) is 24.6. The number of amides is 3. The summed E-state index contributed by atoms with van der Waals surface area (Å²) in [7, 11) is 0. The molecule has 14 nitrogen and oxygen atoms in total. The number of aliphatic hydroxyl groups excluding tert-OH is 1. The normalized spacial score (nSPS) is 14.3. The lowest BCUT2D eigenvalue weighted by Crippen LogP contribution is -2.51. The predicted octanol–water partition coefficient (Wildman–Crippen LogP) is 1.87. The van der Waals surface area contributed by atoms with Gasteiger partial charge in [0, 0.05) is 11.3 Å². The number of halogens is 6. The van der Waals surface area contributed by atoms with E-state index in [0.29, 0.717) is 48.7 Å². The SMILES string of the molecule is NCCCC[C@H](N)C(=O)N[C@@H](CO)C(=O)Nc1ccc2c(c1)CN1C(=O)c3ccccc3C1=N2.O=C(O)C(F)(F)F.O=C(O)C(F)(F)F. The lowest BCUT2D eigenvalue weighted by Gasteiger charge is -2.24. The summed E-state index contributed by atoms with van der Waals surface area (Å²) in [5.74, 6) is -6.09. The van der Waals surface area contributed by atoms with Gasteiger partial charge in [-0.1, -0.05) is 24.6 Å². The number of aliphatic hydroxyl groups is 1. The number of carbonyl (C=O) groups is 5. The molecule has 0 bridgehead atoms. The van der Waals surface area contributed by atoms with E-state index in [0.717, 1.165) is 17.5 Å². The first-order valence-electron chi connectivity index (χ1n) is 13.7. The summed E-state index contributed by atoms with van der Waals surface area (Å²) in [6.45, 7) is 0.262. The third kappa shape index (κ3) is 10.7. The van der Waals surface area contributed by atoms with Gasteiger partial charge >= 0.3 is 24.3 Å². The molecule has 2 aliphatic heterocycles. The highest BCUT2D eigenvalue weighted by atomic mass is 19.4. The highest BCUT2D eigenvalue weighted by molar-refractivity contribution is 6.24. The Morgan fingerprint density at radius 2 is 1.48 bits per heavy atom. The highest BCUT2D eigenvalue weighted by Crippen LogP contribution is 2.35. The van der Waals surface area contributed by atoms with Crippen LogP contribution in [0.2, 0.25) is 0 Å². The number of aliphatic imine (C=N–C) groups is 1. The molecule has 2 aromatic carbocycles. The first-order chi connectivity index (χ1) is 22.3. The Bertz CT molecular complexity index is 1530. The first kappa shape index (κ1) is 39.1. The van der Waals surface area contributed by atoms with E-state index in [2.05, 4.69) is 15.6 Å². The third-order valence-corrected chi connectivity index (χ3v) is 6.41.